The Kier molecular flexibility index (Phi) is 9.26. The molecular weight excluding hydrogens is 479 g/mol. The predicted molar refractivity (Wildman–Crippen MR) is 138 cm³/mol. The van der Waals surface area contributed by atoms with Crippen molar-refractivity contribution in [3.05, 3.63) is 76.3 Å². The molecule has 9 heteroatoms. The lowest BCUT2D eigenvalue weighted by Gasteiger charge is -2.19. The summed E-state index contributed by atoms with van der Waals surface area (Å²) in [6, 6.07) is 18.5. The van der Waals surface area contributed by atoms with Crippen LogP contribution in [-0.4, -0.2) is 35.3 Å². The van der Waals surface area contributed by atoms with E-state index in [9.17, 15) is 4.79 Å². The molecule has 33 heavy (non-hydrogen) atoms. The highest BCUT2D eigenvalue weighted by molar-refractivity contribution is 7.80. The smallest absolute Gasteiger partial charge is 0.261 e. The van der Waals surface area contributed by atoms with E-state index in [4.69, 9.17) is 33.7 Å². The van der Waals surface area contributed by atoms with Crippen molar-refractivity contribution in [3.63, 3.8) is 0 Å². The van der Waals surface area contributed by atoms with Crippen LogP contribution in [0.25, 0.3) is 11.3 Å². The molecule has 0 aliphatic rings. The van der Waals surface area contributed by atoms with Gasteiger partial charge in [0.15, 0.2) is 6.10 Å². The zero-order valence-corrected chi connectivity index (χ0v) is 20.5. The summed E-state index contributed by atoms with van der Waals surface area (Å²) < 4.78 is 5.97. The van der Waals surface area contributed by atoms with E-state index in [0.717, 1.165) is 11.3 Å². The van der Waals surface area contributed by atoms with E-state index in [0.29, 0.717) is 39.5 Å². The molecule has 0 fully saturated rings. The Morgan fingerprint density at radius 1 is 1.09 bits per heavy atom. The van der Waals surface area contributed by atoms with Crippen molar-refractivity contribution < 1.29 is 9.53 Å². The van der Waals surface area contributed by atoms with E-state index in [-0.39, 0.29) is 18.5 Å². The van der Waals surface area contributed by atoms with Gasteiger partial charge in [-0.3, -0.25) is 4.79 Å². The summed E-state index contributed by atoms with van der Waals surface area (Å²) in [5, 5.41) is 7.02. The topological polar surface area (TPSA) is 89.3 Å². The van der Waals surface area contributed by atoms with E-state index < -0.39 is 6.10 Å². The van der Waals surface area contributed by atoms with Crippen molar-refractivity contribution >= 4 is 47.4 Å². The number of pyridine rings is 1. The summed E-state index contributed by atoms with van der Waals surface area (Å²) in [5.74, 6) is 0.513. The number of nitrogens with one attached hydrogen (secondary N) is 2. The lowest BCUT2D eigenvalue weighted by atomic mass is 10.1. The van der Waals surface area contributed by atoms with Crippen molar-refractivity contribution in [1.82, 2.24) is 10.3 Å². The van der Waals surface area contributed by atoms with Crippen molar-refractivity contribution in [3.8, 4) is 17.1 Å². The number of halogens is 2. The first-order chi connectivity index (χ1) is 15.9. The number of benzene rings is 2. The Balaban J connectivity index is 1.76. The Morgan fingerprint density at radius 3 is 2.45 bits per heavy atom. The lowest BCUT2D eigenvalue weighted by Crippen LogP contribution is -2.36. The van der Waals surface area contributed by atoms with Gasteiger partial charge in [-0.1, -0.05) is 59.6 Å². The van der Waals surface area contributed by atoms with E-state index in [1.165, 1.54) is 0 Å². The van der Waals surface area contributed by atoms with E-state index in [2.05, 4.69) is 28.2 Å². The molecule has 3 aromatic rings. The molecule has 0 bridgehead atoms. The fraction of sp³-hybridized carbons (Fsp3) is 0.250. The van der Waals surface area contributed by atoms with E-state index in [1.807, 2.05) is 42.5 Å². The highest BCUT2D eigenvalue weighted by Gasteiger charge is 2.19. The Labute approximate surface area is 209 Å². The number of carbonyl (C=O) groups excluding carboxylic acids is 1. The Bertz CT molecular complexity index is 1070. The first kappa shape index (κ1) is 25.2. The van der Waals surface area contributed by atoms with E-state index >= 15 is 0 Å². The lowest BCUT2D eigenvalue weighted by molar-refractivity contribution is -0.127. The molecule has 0 radical (unpaired) electrons. The average Bonchev–Trinajstić information content (AvgIpc) is 2.83. The van der Waals surface area contributed by atoms with Crippen LogP contribution in [-0.2, 0) is 11.3 Å². The highest BCUT2D eigenvalue weighted by atomic mass is 35.5. The molecule has 0 saturated heterocycles. The van der Waals surface area contributed by atoms with Gasteiger partial charge in [-0.2, -0.15) is 12.6 Å². The van der Waals surface area contributed by atoms with Crippen LogP contribution in [0.1, 0.15) is 12.5 Å². The molecule has 0 spiro atoms. The summed E-state index contributed by atoms with van der Waals surface area (Å²) >= 11 is 16.6. The van der Waals surface area contributed by atoms with Gasteiger partial charge in [0.1, 0.15) is 0 Å². The largest absolute Gasteiger partial charge is 0.463 e. The maximum atomic E-state index is 12.7. The van der Waals surface area contributed by atoms with Crippen LogP contribution in [0.2, 0.25) is 10.0 Å². The molecule has 4 N–H and O–H groups in total. The molecule has 2 aromatic carbocycles. The number of rotatable bonds is 10. The summed E-state index contributed by atoms with van der Waals surface area (Å²) in [6.45, 7) is 2.33. The molecule has 0 saturated carbocycles. The van der Waals surface area contributed by atoms with Crippen LogP contribution in [0.3, 0.4) is 0 Å². The van der Waals surface area contributed by atoms with Crippen molar-refractivity contribution in [2.45, 2.75) is 25.6 Å². The molecule has 0 aliphatic heterocycles. The van der Waals surface area contributed by atoms with Gasteiger partial charge in [-0.05, 0) is 31.2 Å². The highest BCUT2D eigenvalue weighted by Crippen LogP contribution is 2.28. The van der Waals surface area contributed by atoms with Crippen LogP contribution in [0, 0.1) is 0 Å². The summed E-state index contributed by atoms with van der Waals surface area (Å²) in [5.41, 5.74) is 8.92. The maximum Gasteiger partial charge on any atom is 0.261 e. The SMILES string of the molecule is C[C@@H](Oc1nc(-c2ccccc2)ccc1NCC(N)CS)C(=O)NCc1c(Cl)cccc1Cl. The quantitative estimate of drug-likeness (QED) is 0.297. The van der Waals surface area contributed by atoms with Crippen LogP contribution < -0.4 is 21.1 Å². The molecule has 0 aliphatic carbocycles. The normalized spacial score (nSPS) is 12.6. The summed E-state index contributed by atoms with van der Waals surface area (Å²) in [7, 11) is 0. The number of anilines is 1. The van der Waals surface area contributed by atoms with Crippen LogP contribution >= 0.6 is 35.8 Å². The number of amides is 1. The number of hydrogen-bond donors (Lipinski definition) is 4. The molecule has 2 atom stereocenters. The van der Waals surface area contributed by atoms with Gasteiger partial charge in [-0.15, -0.1) is 0 Å². The number of nitrogens with two attached hydrogens (primary N) is 1. The van der Waals surface area contributed by atoms with Gasteiger partial charge in [-0.25, -0.2) is 4.98 Å². The Hall–Kier alpha value is -2.45. The maximum absolute atomic E-state index is 12.7. The molecule has 1 amide bonds. The van der Waals surface area contributed by atoms with E-state index in [1.54, 1.807) is 25.1 Å². The van der Waals surface area contributed by atoms with Gasteiger partial charge in [0, 0.05) is 46.1 Å². The second-order valence-corrected chi connectivity index (χ2v) is 8.60. The molecule has 1 aromatic heterocycles. The molecule has 174 valence electrons. The van der Waals surface area contributed by atoms with Crippen molar-refractivity contribution in [1.29, 1.82) is 0 Å². The van der Waals surface area contributed by atoms with Gasteiger partial charge in [0.25, 0.3) is 5.91 Å². The van der Waals surface area contributed by atoms with Crippen molar-refractivity contribution in [2.24, 2.45) is 5.73 Å². The minimum atomic E-state index is -0.816. The number of ether oxygens (including phenoxy) is 1. The third-order valence-electron chi connectivity index (χ3n) is 4.88. The molecule has 6 nitrogen and oxygen atoms in total. The van der Waals surface area contributed by atoms with Crippen LogP contribution in [0.4, 0.5) is 5.69 Å². The zero-order chi connectivity index (χ0) is 23.8. The van der Waals surface area contributed by atoms with Gasteiger partial charge in [0.2, 0.25) is 5.88 Å². The van der Waals surface area contributed by atoms with Crippen LogP contribution in [0.5, 0.6) is 5.88 Å². The Morgan fingerprint density at radius 2 is 1.79 bits per heavy atom. The summed E-state index contributed by atoms with van der Waals surface area (Å²) in [6.07, 6.45) is -0.816. The average molecular weight is 505 g/mol. The third kappa shape index (κ3) is 7.01. The zero-order valence-electron chi connectivity index (χ0n) is 18.1. The van der Waals surface area contributed by atoms with Gasteiger partial charge >= 0.3 is 0 Å². The minimum Gasteiger partial charge on any atom is -0.463 e. The fourth-order valence-corrected chi connectivity index (χ4v) is 3.64. The number of carbonyl (C=O) groups is 1. The molecule has 1 heterocycles. The first-order valence-corrected chi connectivity index (χ1v) is 11.8. The number of nitrogens with zero attached hydrogens (tertiary/aromatic N) is 1. The standard InChI is InChI=1S/C24H26Cl2N4O2S/c1-15(23(31)29-13-18-19(25)8-5-9-20(18)26)32-24-22(28-12-17(27)14-33)11-10-21(30-24)16-6-3-2-4-7-16/h2-11,15,17,28,33H,12-14,27H2,1H3,(H,29,31)/t15-,17?/m1/s1. The monoisotopic (exact) mass is 504 g/mol. The molecule has 1 unspecified atom stereocenters. The second kappa shape index (κ2) is 12.1. The number of aromatic nitrogens is 1. The second-order valence-electron chi connectivity index (χ2n) is 7.42. The third-order valence-corrected chi connectivity index (χ3v) is 6.05. The van der Waals surface area contributed by atoms with Gasteiger partial charge < -0.3 is 21.1 Å². The fourth-order valence-electron chi connectivity index (χ4n) is 2.98. The predicted octanol–water partition coefficient (Wildman–Crippen LogP) is 4.81. The first-order valence-electron chi connectivity index (χ1n) is 10.4. The number of thiol groups is 1. The number of hydrogen-bond acceptors (Lipinski definition) is 6. The summed E-state index contributed by atoms with van der Waals surface area (Å²) in [4.78, 5) is 17.4. The van der Waals surface area contributed by atoms with Crippen molar-refractivity contribution in [2.75, 3.05) is 17.6 Å². The molecule has 3 rings (SSSR count). The van der Waals surface area contributed by atoms with Crippen LogP contribution in [0.15, 0.2) is 60.7 Å². The molecular formula is C24H26Cl2N4O2S. The van der Waals surface area contributed by atoms with Gasteiger partial charge in [0.05, 0.1) is 11.4 Å². The minimum absolute atomic E-state index is 0.143.